The third-order valence-corrected chi connectivity index (χ3v) is 3.23. The molecule has 0 unspecified atom stereocenters. The average Bonchev–Trinajstić information content (AvgIpc) is 2.88. The third kappa shape index (κ3) is 3.52. The highest BCUT2D eigenvalue weighted by molar-refractivity contribution is 5.95. The molecule has 1 amide bonds. The number of nitrogens with zero attached hydrogens (tertiary/aromatic N) is 3. The molecule has 1 aromatic heterocycles. The lowest BCUT2D eigenvalue weighted by atomic mass is 10.2. The number of carboxylic acids is 1. The molecule has 22 heavy (non-hydrogen) atoms. The number of amides is 1. The Morgan fingerprint density at radius 3 is 2.55 bits per heavy atom. The van der Waals surface area contributed by atoms with Gasteiger partial charge in [0.1, 0.15) is 6.54 Å². The molecule has 2 aromatic rings. The van der Waals surface area contributed by atoms with Gasteiger partial charge in [-0.15, -0.1) is 0 Å². The third-order valence-electron chi connectivity index (χ3n) is 3.23. The number of aromatic nitrogens is 2. The zero-order chi connectivity index (χ0) is 16.1. The molecule has 0 fully saturated rings. The van der Waals surface area contributed by atoms with Gasteiger partial charge >= 0.3 is 5.97 Å². The molecule has 6 nitrogen and oxygen atoms in total. The standard InChI is InChI=1S/C16H19N3O3/c1-3-9-18(11-14(20)21)16(22)15-12(2)10-19(17-15)13-7-5-4-6-8-13/h4-8,10H,3,9,11H2,1-2H3,(H,20,21). The molecule has 0 aliphatic heterocycles. The highest BCUT2D eigenvalue weighted by Crippen LogP contribution is 2.13. The van der Waals surface area contributed by atoms with Gasteiger partial charge in [-0.1, -0.05) is 25.1 Å². The molecular weight excluding hydrogens is 282 g/mol. The van der Waals surface area contributed by atoms with E-state index in [0.717, 1.165) is 11.3 Å². The normalized spacial score (nSPS) is 10.5. The SMILES string of the molecule is CCCN(CC(=O)O)C(=O)c1nn(-c2ccccc2)cc1C. The fraction of sp³-hybridized carbons (Fsp3) is 0.312. The first-order valence-electron chi connectivity index (χ1n) is 7.15. The van der Waals surface area contributed by atoms with Crippen molar-refractivity contribution in [3.63, 3.8) is 0 Å². The molecule has 6 heteroatoms. The van der Waals surface area contributed by atoms with Crippen LogP contribution < -0.4 is 0 Å². The summed E-state index contributed by atoms with van der Waals surface area (Å²) >= 11 is 0. The zero-order valence-electron chi connectivity index (χ0n) is 12.7. The lowest BCUT2D eigenvalue weighted by molar-refractivity contribution is -0.137. The molecule has 1 N–H and O–H groups in total. The first kappa shape index (κ1) is 15.8. The summed E-state index contributed by atoms with van der Waals surface area (Å²) in [6.45, 7) is 3.77. The van der Waals surface area contributed by atoms with Crippen LogP contribution >= 0.6 is 0 Å². The number of benzene rings is 1. The summed E-state index contributed by atoms with van der Waals surface area (Å²) in [5.74, 6) is -1.38. The van der Waals surface area contributed by atoms with Crippen LogP contribution in [0.2, 0.25) is 0 Å². The number of para-hydroxylation sites is 1. The van der Waals surface area contributed by atoms with Crippen LogP contribution in [0.5, 0.6) is 0 Å². The average molecular weight is 301 g/mol. The van der Waals surface area contributed by atoms with Gasteiger partial charge in [0.15, 0.2) is 5.69 Å². The Labute approximate surface area is 129 Å². The molecule has 0 aliphatic carbocycles. The maximum absolute atomic E-state index is 12.5. The maximum Gasteiger partial charge on any atom is 0.323 e. The number of hydrogen-bond acceptors (Lipinski definition) is 3. The number of hydrogen-bond donors (Lipinski definition) is 1. The van der Waals surface area contributed by atoms with Gasteiger partial charge in [0, 0.05) is 18.3 Å². The van der Waals surface area contributed by atoms with Crippen LogP contribution in [0.15, 0.2) is 36.5 Å². The van der Waals surface area contributed by atoms with Crippen molar-refractivity contribution >= 4 is 11.9 Å². The van der Waals surface area contributed by atoms with E-state index in [1.807, 2.05) is 37.3 Å². The number of aliphatic carboxylic acids is 1. The summed E-state index contributed by atoms with van der Waals surface area (Å²) in [5, 5.41) is 13.3. The van der Waals surface area contributed by atoms with Crippen LogP contribution in [0.3, 0.4) is 0 Å². The summed E-state index contributed by atoms with van der Waals surface area (Å²) in [4.78, 5) is 24.7. The largest absolute Gasteiger partial charge is 0.480 e. The van der Waals surface area contributed by atoms with Crippen LogP contribution in [0.4, 0.5) is 0 Å². The molecule has 2 rings (SSSR count). The Balaban J connectivity index is 2.29. The molecule has 116 valence electrons. The van der Waals surface area contributed by atoms with E-state index in [-0.39, 0.29) is 12.5 Å². The molecule has 0 aliphatic rings. The minimum atomic E-state index is -1.03. The van der Waals surface area contributed by atoms with Gasteiger partial charge in [0.05, 0.1) is 5.69 Å². The number of carbonyl (C=O) groups excluding carboxylic acids is 1. The van der Waals surface area contributed by atoms with E-state index in [1.165, 1.54) is 4.90 Å². The van der Waals surface area contributed by atoms with E-state index >= 15 is 0 Å². The predicted molar refractivity (Wildman–Crippen MR) is 82.1 cm³/mol. The van der Waals surface area contributed by atoms with E-state index in [4.69, 9.17) is 5.11 Å². The molecule has 1 heterocycles. The van der Waals surface area contributed by atoms with Crippen LogP contribution in [0, 0.1) is 6.92 Å². The van der Waals surface area contributed by atoms with Crippen molar-refractivity contribution in [2.24, 2.45) is 0 Å². The molecule has 0 saturated carbocycles. The number of rotatable bonds is 6. The monoisotopic (exact) mass is 301 g/mol. The van der Waals surface area contributed by atoms with E-state index < -0.39 is 5.97 Å². The maximum atomic E-state index is 12.5. The number of carbonyl (C=O) groups is 2. The summed E-state index contributed by atoms with van der Waals surface area (Å²) in [6, 6.07) is 9.47. The number of aryl methyl sites for hydroxylation is 1. The topological polar surface area (TPSA) is 75.4 Å². The molecule has 0 bridgehead atoms. The predicted octanol–water partition coefficient (Wildman–Crippen LogP) is 2.12. The first-order chi connectivity index (χ1) is 10.5. The van der Waals surface area contributed by atoms with Crippen molar-refractivity contribution in [3.05, 3.63) is 47.8 Å². The van der Waals surface area contributed by atoms with Gasteiger partial charge in [-0.25, -0.2) is 4.68 Å². The van der Waals surface area contributed by atoms with Gasteiger partial charge in [-0.2, -0.15) is 5.10 Å². The lowest BCUT2D eigenvalue weighted by Gasteiger charge is -2.18. The molecule has 1 aromatic carbocycles. The fourth-order valence-corrected chi connectivity index (χ4v) is 2.22. The summed E-state index contributed by atoms with van der Waals surface area (Å²) in [7, 11) is 0. The highest BCUT2D eigenvalue weighted by Gasteiger charge is 2.22. The smallest absolute Gasteiger partial charge is 0.323 e. The Kier molecular flexibility index (Phi) is 4.93. The summed E-state index contributed by atoms with van der Waals surface area (Å²) < 4.78 is 1.63. The van der Waals surface area contributed by atoms with Gasteiger partial charge in [0.25, 0.3) is 5.91 Å². The van der Waals surface area contributed by atoms with Gasteiger partial charge in [-0.05, 0) is 25.5 Å². The second-order valence-corrected chi connectivity index (χ2v) is 5.06. The van der Waals surface area contributed by atoms with Crippen LogP contribution in [0.25, 0.3) is 5.69 Å². The second kappa shape index (κ2) is 6.89. The summed E-state index contributed by atoms with van der Waals surface area (Å²) in [5.41, 5.74) is 1.86. The van der Waals surface area contributed by atoms with Crippen LogP contribution in [-0.4, -0.2) is 44.8 Å². The van der Waals surface area contributed by atoms with Gasteiger partial charge in [0.2, 0.25) is 0 Å². The fourth-order valence-electron chi connectivity index (χ4n) is 2.22. The number of carboxylic acid groups (broad SMARTS) is 1. The van der Waals surface area contributed by atoms with E-state index in [0.29, 0.717) is 18.7 Å². The van der Waals surface area contributed by atoms with Gasteiger partial charge < -0.3 is 10.0 Å². The van der Waals surface area contributed by atoms with Crippen molar-refractivity contribution in [2.45, 2.75) is 20.3 Å². The van der Waals surface area contributed by atoms with Crippen molar-refractivity contribution in [3.8, 4) is 5.69 Å². The molecule has 0 saturated heterocycles. The second-order valence-electron chi connectivity index (χ2n) is 5.06. The minimum absolute atomic E-state index is 0.290. The molecule has 0 radical (unpaired) electrons. The molecule has 0 atom stereocenters. The first-order valence-corrected chi connectivity index (χ1v) is 7.15. The van der Waals surface area contributed by atoms with Crippen molar-refractivity contribution in [2.75, 3.05) is 13.1 Å². The Morgan fingerprint density at radius 1 is 1.27 bits per heavy atom. The van der Waals surface area contributed by atoms with E-state index in [2.05, 4.69) is 5.10 Å². The Morgan fingerprint density at radius 2 is 1.95 bits per heavy atom. The van der Waals surface area contributed by atoms with Crippen LogP contribution in [0.1, 0.15) is 29.4 Å². The van der Waals surface area contributed by atoms with Crippen molar-refractivity contribution in [1.82, 2.24) is 14.7 Å². The lowest BCUT2D eigenvalue weighted by Crippen LogP contribution is -2.36. The van der Waals surface area contributed by atoms with Crippen LogP contribution in [-0.2, 0) is 4.79 Å². The van der Waals surface area contributed by atoms with Crippen molar-refractivity contribution < 1.29 is 14.7 Å². The zero-order valence-corrected chi connectivity index (χ0v) is 12.7. The Bertz CT molecular complexity index is 665. The molecular formula is C16H19N3O3. The molecule has 0 spiro atoms. The van der Waals surface area contributed by atoms with E-state index in [9.17, 15) is 9.59 Å². The highest BCUT2D eigenvalue weighted by atomic mass is 16.4. The van der Waals surface area contributed by atoms with E-state index in [1.54, 1.807) is 17.8 Å². The van der Waals surface area contributed by atoms with Gasteiger partial charge in [-0.3, -0.25) is 9.59 Å². The van der Waals surface area contributed by atoms with Crippen molar-refractivity contribution in [1.29, 1.82) is 0 Å². The minimum Gasteiger partial charge on any atom is -0.480 e. The summed E-state index contributed by atoms with van der Waals surface area (Å²) in [6.07, 6.45) is 2.46. The quantitative estimate of drug-likeness (QED) is 0.886. The Hall–Kier alpha value is -2.63.